The second-order valence-corrected chi connectivity index (χ2v) is 6.49. The van der Waals surface area contributed by atoms with E-state index in [9.17, 15) is 13.2 Å². The van der Waals surface area contributed by atoms with Gasteiger partial charge in [0.15, 0.2) is 0 Å². The van der Waals surface area contributed by atoms with E-state index in [1.54, 1.807) is 36.4 Å². The maximum atomic E-state index is 12.0. The number of sulfonamides is 1. The van der Waals surface area contributed by atoms with E-state index < -0.39 is 10.0 Å². The molecule has 2 aromatic carbocycles. The molecule has 2 aromatic rings. The molecule has 0 aromatic heterocycles. The van der Waals surface area contributed by atoms with Crippen LogP contribution in [0.5, 0.6) is 0 Å². The van der Waals surface area contributed by atoms with Crippen molar-refractivity contribution in [3.63, 3.8) is 0 Å². The first-order valence-electron chi connectivity index (χ1n) is 6.95. The van der Waals surface area contributed by atoms with Gasteiger partial charge in [-0.3, -0.25) is 4.79 Å². The lowest BCUT2D eigenvalue weighted by Crippen LogP contribution is -2.25. The molecule has 8 nitrogen and oxygen atoms in total. The van der Waals surface area contributed by atoms with Crippen LogP contribution in [0, 0.1) is 0 Å². The van der Waals surface area contributed by atoms with E-state index in [0.29, 0.717) is 24.2 Å². The Hall–Kier alpha value is -2.87. The number of rotatable bonds is 6. The Kier molecular flexibility index (Phi) is 5.54. The van der Waals surface area contributed by atoms with Gasteiger partial charge in [0.05, 0.1) is 4.90 Å². The van der Waals surface area contributed by atoms with Gasteiger partial charge in [0.25, 0.3) is 5.91 Å². The van der Waals surface area contributed by atoms with E-state index in [1.165, 1.54) is 12.1 Å². The van der Waals surface area contributed by atoms with Gasteiger partial charge in [-0.15, -0.1) is 0 Å². The van der Waals surface area contributed by atoms with E-state index in [2.05, 4.69) is 15.3 Å². The minimum atomic E-state index is -3.70. The Morgan fingerprint density at radius 2 is 1.75 bits per heavy atom. The van der Waals surface area contributed by atoms with Gasteiger partial charge >= 0.3 is 0 Å². The van der Waals surface area contributed by atoms with Crippen molar-refractivity contribution in [3.05, 3.63) is 70.1 Å². The summed E-state index contributed by atoms with van der Waals surface area (Å²) < 4.78 is 22.3. The molecule has 0 radical (unpaired) electrons. The zero-order valence-corrected chi connectivity index (χ0v) is 13.4. The van der Waals surface area contributed by atoms with Crippen molar-refractivity contribution in [1.82, 2.24) is 5.32 Å². The number of nitrogens with one attached hydrogen (secondary N) is 1. The maximum Gasteiger partial charge on any atom is 0.251 e. The number of primary sulfonamides is 1. The number of amides is 1. The van der Waals surface area contributed by atoms with Crippen molar-refractivity contribution in [3.8, 4) is 0 Å². The quantitative estimate of drug-likeness (QED) is 0.471. The Labute approximate surface area is 139 Å². The lowest BCUT2D eigenvalue weighted by molar-refractivity contribution is 0.0954. The summed E-state index contributed by atoms with van der Waals surface area (Å²) in [4.78, 5) is 14.7. The van der Waals surface area contributed by atoms with Crippen molar-refractivity contribution in [2.45, 2.75) is 11.3 Å². The number of nitrogens with zero attached hydrogens (tertiary/aromatic N) is 3. The average molecular weight is 345 g/mol. The highest BCUT2D eigenvalue weighted by molar-refractivity contribution is 7.89. The number of azide groups is 1. The Morgan fingerprint density at radius 1 is 1.12 bits per heavy atom. The SMILES string of the molecule is [N-]=[N+]=Nc1ccc(C(=O)NCCc2ccc(S(N)(=O)=O)cc2)cc1. The lowest BCUT2D eigenvalue weighted by Gasteiger charge is -2.06. The van der Waals surface area contributed by atoms with Crippen molar-refractivity contribution in [2.24, 2.45) is 10.3 Å². The molecule has 0 unspecified atom stereocenters. The molecular formula is C15H15N5O3S. The van der Waals surface area contributed by atoms with E-state index in [-0.39, 0.29) is 10.8 Å². The van der Waals surface area contributed by atoms with Crippen LogP contribution >= 0.6 is 0 Å². The molecule has 0 aliphatic heterocycles. The third kappa shape index (κ3) is 4.82. The zero-order valence-electron chi connectivity index (χ0n) is 12.6. The van der Waals surface area contributed by atoms with Crippen molar-refractivity contribution in [2.75, 3.05) is 6.54 Å². The monoisotopic (exact) mass is 345 g/mol. The summed E-state index contributed by atoms with van der Waals surface area (Å²) in [5.41, 5.74) is 10.1. The molecule has 124 valence electrons. The number of hydrogen-bond donors (Lipinski definition) is 2. The van der Waals surface area contributed by atoms with Gasteiger partial charge in [0.1, 0.15) is 0 Å². The molecule has 0 atom stereocenters. The lowest BCUT2D eigenvalue weighted by atomic mass is 10.1. The van der Waals surface area contributed by atoms with E-state index in [0.717, 1.165) is 5.56 Å². The minimum Gasteiger partial charge on any atom is -0.352 e. The fourth-order valence-electron chi connectivity index (χ4n) is 2.00. The molecule has 24 heavy (non-hydrogen) atoms. The number of carbonyl (C=O) groups is 1. The summed E-state index contributed by atoms with van der Waals surface area (Å²) in [5.74, 6) is -0.247. The normalized spacial score (nSPS) is 10.7. The number of benzene rings is 2. The molecule has 2 rings (SSSR count). The van der Waals surface area contributed by atoms with Crippen LogP contribution in [0.15, 0.2) is 58.5 Å². The molecule has 0 saturated carbocycles. The van der Waals surface area contributed by atoms with Gasteiger partial charge in [-0.25, -0.2) is 13.6 Å². The highest BCUT2D eigenvalue weighted by Crippen LogP contribution is 2.13. The third-order valence-electron chi connectivity index (χ3n) is 3.24. The summed E-state index contributed by atoms with van der Waals surface area (Å²) in [6.45, 7) is 0.394. The first kappa shape index (κ1) is 17.5. The topological polar surface area (TPSA) is 138 Å². The van der Waals surface area contributed by atoms with Crippen LogP contribution in [0.1, 0.15) is 15.9 Å². The summed E-state index contributed by atoms with van der Waals surface area (Å²) in [5, 5.41) is 11.2. The first-order chi connectivity index (χ1) is 11.4. The summed E-state index contributed by atoms with van der Waals surface area (Å²) >= 11 is 0. The van der Waals surface area contributed by atoms with Crippen LogP contribution in [0.3, 0.4) is 0 Å². The van der Waals surface area contributed by atoms with Gasteiger partial charge in [-0.2, -0.15) is 0 Å². The highest BCUT2D eigenvalue weighted by Gasteiger charge is 2.07. The van der Waals surface area contributed by atoms with Crippen molar-refractivity contribution < 1.29 is 13.2 Å². The second kappa shape index (κ2) is 7.60. The van der Waals surface area contributed by atoms with E-state index in [1.807, 2.05) is 0 Å². The van der Waals surface area contributed by atoms with Crippen LogP contribution in [-0.2, 0) is 16.4 Å². The molecule has 0 bridgehead atoms. The predicted octanol–water partition coefficient (Wildman–Crippen LogP) is 2.25. The van der Waals surface area contributed by atoms with Gasteiger partial charge in [0, 0.05) is 22.7 Å². The molecule has 1 amide bonds. The van der Waals surface area contributed by atoms with E-state index >= 15 is 0 Å². The average Bonchev–Trinajstić information content (AvgIpc) is 2.55. The largest absolute Gasteiger partial charge is 0.352 e. The Balaban J connectivity index is 1.89. The molecule has 0 saturated heterocycles. The molecule has 0 aliphatic carbocycles. The summed E-state index contributed by atoms with van der Waals surface area (Å²) in [7, 11) is -3.70. The van der Waals surface area contributed by atoms with Crippen molar-refractivity contribution in [1.29, 1.82) is 0 Å². The molecular weight excluding hydrogens is 330 g/mol. The standard InChI is InChI=1S/C15H15N5O3S/c16-20-19-13-5-3-12(4-6-13)15(21)18-10-9-11-1-7-14(8-2-11)24(17,22)23/h1-8H,9-10H2,(H,18,21)(H2,17,22,23). The van der Waals surface area contributed by atoms with Crippen LogP contribution in [-0.4, -0.2) is 20.9 Å². The van der Waals surface area contributed by atoms with E-state index in [4.69, 9.17) is 10.7 Å². The zero-order chi connectivity index (χ0) is 17.6. The predicted molar refractivity (Wildman–Crippen MR) is 89.1 cm³/mol. The first-order valence-corrected chi connectivity index (χ1v) is 8.50. The number of carbonyl (C=O) groups excluding carboxylic acids is 1. The Bertz CT molecular complexity index is 870. The molecule has 0 aliphatic rings. The molecule has 0 fully saturated rings. The van der Waals surface area contributed by atoms with Crippen LogP contribution < -0.4 is 10.5 Å². The highest BCUT2D eigenvalue weighted by atomic mass is 32.2. The minimum absolute atomic E-state index is 0.0513. The van der Waals surface area contributed by atoms with Crippen LogP contribution in [0.4, 0.5) is 5.69 Å². The van der Waals surface area contributed by atoms with Crippen molar-refractivity contribution >= 4 is 21.6 Å². The number of hydrogen-bond acceptors (Lipinski definition) is 4. The Morgan fingerprint density at radius 3 is 2.29 bits per heavy atom. The molecule has 3 N–H and O–H groups in total. The van der Waals surface area contributed by atoms with Crippen LogP contribution in [0.25, 0.3) is 10.4 Å². The van der Waals surface area contributed by atoms with Gasteiger partial charge in [0.2, 0.25) is 10.0 Å². The molecule has 0 heterocycles. The third-order valence-corrected chi connectivity index (χ3v) is 4.17. The van der Waals surface area contributed by atoms with Crippen LogP contribution in [0.2, 0.25) is 0 Å². The number of nitrogens with two attached hydrogens (primary N) is 1. The molecule has 0 spiro atoms. The summed E-state index contributed by atoms with van der Waals surface area (Å²) in [6, 6.07) is 12.4. The fraction of sp³-hybridized carbons (Fsp3) is 0.133. The maximum absolute atomic E-state index is 12.0. The van der Waals surface area contributed by atoms with Gasteiger partial charge in [-0.05, 0) is 41.8 Å². The van der Waals surface area contributed by atoms with Gasteiger partial charge < -0.3 is 5.32 Å². The molecule has 9 heteroatoms. The second-order valence-electron chi connectivity index (χ2n) is 4.93. The van der Waals surface area contributed by atoms with Gasteiger partial charge in [-0.1, -0.05) is 29.4 Å². The smallest absolute Gasteiger partial charge is 0.251 e. The summed E-state index contributed by atoms with van der Waals surface area (Å²) in [6.07, 6.45) is 0.549. The fourth-order valence-corrected chi connectivity index (χ4v) is 2.51.